The Labute approximate surface area is 137 Å². The first kappa shape index (κ1) is 14.9. The molecule has 0 aliphatic carbocycles. The first-order valence-corrected chi connectivity index (χ1v) is 7.57. The Morgan fingerprint density at radius 1 is 0.955 bits per heavy atom. The van der Waals surface area contributed by atoms with Gasteiger partial charge in [0.05, 0.1) is 5.69 Å². The molecule has 0 radical (unpaired) electrons. The normalized spacial score (nSPS) is 10.9. The van der Waals surface area contributed by atoms with Crippen LogP contribution in [0.1, 0.15) is 6.92 Å². The maximum atomic E-state index is 12.6. The lowest BCUT2D eigenvalue weighted by molar-refractivity contribution is 0.629. The lowest BCUT2D eigenvalue weighted by Gasteiger charge is -2.06. The van der Waals surface area contributed by atoms with Crippen molar-refractivity contribution in [2.75, 3.05) is 0 Å². The zero-order chi connectivity index (χ0) is 15.7. The van der Waals surface area contributed by atoms with E-state index in [-0.39, 0.29) is 5.69 Å². The van der Waals surface area contributed by atoms with E-state index in [4.69, 9.17) is 23.2 Å². The standard InChI is InChI=1S/C16H13Cl2N3O/c1-2-20-16(22)21(14-9-7-13(18)8-10-14)15(19-20)11-3-5-12(17)6-4-11/h3-10H,2H2,1H3. The van der Waals surface area contributed by atoms with Crippen molar-refractivity contribution in [3.8, 4) is 17.1 Å². The molecule has 0 unspecified atom stereocenters. The molecule has 6 heteroatoms. The highest BCUT2D eigenvalue weighted by atomic mass is 35.5. The smallest absolute Gasteiger partial charge is 0.246 e. The van der Waals surface area contributed by atoms with Crippen molar-refractivity contribution in [2.45, 2.75) is 13.5 Å². The number of nitrogens with zero attached hydrogens (tertiary/aromatic N) is 3. The maximum absolute atomic E-state index is 12.6. The van der Waals surface area contributed by atoms with Gasteiger partial charge in [-0.2, -0.15) is 0 Å². The van der Waals surface area contributed by atoms with Crippen molar-refractivity contribution >= 4 is 23.2 Å². The third-order valence-corrected chi connectivity index (χ3v) is 3.83. The molecule has 0 spiro atoms. The van der Waals surface area contributed by atoms with Crippen molar-refractivity contribution in [3.63, 3.8) is 0 Å². The van der Waals surface area contributed by atoms with Gasteiger partial charge in [0, 0.05) is 22.2 Å². The van der Waals surface area contributed by atoms with E-state index in [1.165, 1.54) is 4.68 Å². The Balaban J connectivity index is 2.23. The quantitative estimate of drug-likeness (QED) is 0.726. The van der Waals surface area contributed by atoms with Crippen LogP contribution in [0.3, 0.4) is 0 Å². The molecule has 112 valence electrons. The van der Waals surface area contributed by atoms with E-state index in [9.17, 15) is 4.79 Å². The molecular formula is C16H13Cl2N3O. The van der Waals surface area contributed by atoms with Gasteiger partial charge >= 0.3 is 5.69 Å². The van der Waals surface area contributed by atoms with E-state index in [1.807, 2.05) is 19.1 Å². The summed E-state index contributed by atoms with van der Waals surface area (Å²) in [4.78, 5) is 12.6. The van der Waals surface area contributed by atoms with Gasteiger partial charge in [-0.25, -0.2) is 14.0 Å². The number of halogens is 2. The molecule has 0 saturated carbocycles. The molecule has 0 amide bonds. The zero-order valence-electron chi connectivity index (χ0n) is 11.8. The summed E-state index contributed by atoms with van der Waals surface area (Å²) in [6, 6.07) is 14.3. The molecule has 0 aliphatic rings. The molecule has 3 aromatic rings. The van der Waals surface area contributed by atoms with Gasteiger partial charge in [-0.3, -0.25) is 0 Å². The third-order valence-electron chi connectivity index (χ3n) is 3.33. The van der Waals surface area contributed by atoms with Gasteiger partial charge in [0.25, 0.3) is 0 Å². The molecule has 0 atom stereocenters. The molecule has 2 aromatic carbocycles. The van der Waals surface area contributed by atoms with E-state index >= 15 is 0 Å². The van der Waals surface area contributed by atoms with Gasteiger partial charge < -0.3 is 0 Å². The van der Waals surface area contributed by atoms with E-state index in [2.05, 4.69) is 5.10 Å². The van der Waals surface area contributed by atoms with Crippen molar-refractivity contribution in [3.05, 3.63) is 69.1 Å². The predicted molar refractivity (Wildman–Crippen MR) is 89.0 cm³/mol. The van der Waals surface area contributed by atoms with E-state index in [0.717, 1.165) is 11.3 Å². The van der Waals surface area contributed by atoms with Crippen LogP contribution in [0.5, 0.6) is 0 Å². The average molecular weight is 334 g/mol. The van der Waals surface area contributed by atoms with Crippen molar-refractivity contribution in [2.24, 2.45) is 0 Å². The maximum Gasteiger partial charge on any atom is 0.350 e. The summed E-state index contributed by atoms with van der Waals surface area (Å²) in [6.07, 6.45) is 0. The summed E-state index contributed by atoms with van der Waals surface area (Å²) in [5.41, 5.74) is 1.36. The fourth-order valence-electron chi connectivity index (χ4n) is 2.22. The molecule has 1 heterocycles. The molecular weight excluding hydrogens is 321 g/mol. The summed E-state index contributed by atoms with van der Waals surface area (Å²) in [5, 5.41) is 5.67. The van der Waals surface area contributed by atoms with Crippen molar-refractivity contribution in [1.29, 1.82) is 0 Å². The second-order valence-corrected chi connectivity index (χ2v) is 5.61. The summed E-state index contributed by atoms with van der Waals surface area (Å²) < 4.78 is 3.00. The Bertz CT molecular complexity index is 849. The van der Waals surface area contributed by atoms with Gasteiger partial charge in [-0.1, -0.05) is 23.2 Å². The predicted octanol–water partition coefficient (Wildman–Crippen LogP) is 4.03. The number of aryl methyl sites for hydroxylation is 1. The summed E-state index contributed by atoms with van der Waals surface area (Å²) in [5.74, 6) is 0.575. The second kappa shape index (κ2) is 5.99. The molecule has 1 aromatic heterocycles. The highest BCUT2D eigenvalue weighted by molar-refractivity contribution is 6.30. The molecule has 0 aliphatic heterocycles. The van der Waals surface area contributed by atoms with Crippen LogP contribution in [0.15, 0.2) is 53.3 Å². The van der Waals surface area contributed by atoms with Gasteiger partial charge in [0.15, 0.2) is 5.82 Å². The first-order valence-electron chi connectivity index (χ1n) is 6.82. The third kappa shape index (κ3) is 2.67. The van der Waals surface area contributed by atoms with Crippen LogP contribution in [-0.2, 0) is 6.54 Å². The number of hydrogen-bond donors (Lipinski definition) is 0. The van der Waals surface area contributed by atoms with Crippen LogP contribution < -0.4 is 5.69 Å². The minimum absolute atomic E-state index is 0.185. The SMILES string of the molecule is CCn1nc(-c2ccc(Cl)cc2)n(-c2ccc(Cl)cc2)c1=O. The largest absolute Gasteiger partial charge is 0.350 e. The summed E-state index contributed by atoms with van der Waals surface area (Å²) >= 11 is 11.9. The number of hydrogen-bond acceptors (Lipinski definition) is 2. The van der Waals surface area contributed by atoms with Crippen LogP contribution in [-0.4, -0.2) is 14.3 Å². The molecule has 0 saturated heterocycles. The molecule has 4 nitrogen and oxygen atoms in total. The van der Waals surface area contributed by atoms with Gasteiger partial charge in [0.2, 0.25) is 0 Å². The Hall–Kier alpha value is -2.04. The second-order valence-electron chi connectivity index (χ2n) is 4.74. The van der Waals surface area contributed by atoms with E-state index in [1.54, 1.807) is 41.0 Å². The van der Waals surface area contributed by atoms with Crippen molar-refractivity contribution < 1.29 is 0 Å². The zero-order valence-corrected chi connectivity index (χ0v) is 13.3. The highest BCUT2D eigenvalue weighted by Gasteiger charge is 2.15. The first-order chi connectivity index (χ1) is 10.6. The molecule has 0 N–H and O–H groups in total. The summed E-state index contributed by atoms with van der Waals surface area (Å²) in [6.45, 7) is 2.38. The lowest BCUT2D eigenvalue weighted by Crippen LogP contribution is -2.23. The van der Waals surface area contributed by atoms with E-state index < -0.39 is 0 Å². The minimum Gasteiger partial charge on any atom is -0.246 e. The van der Waals surface area contributed by atoms with Gasteiger partial charge in [0.1, 0.15) is 0 Å². The average Bonchev–Trinajstić information content (AvgIpc) is 2.86. The molecule has 0 fully saturated rings. The number of rotatable bonds is 3. The van der Waals surface area contributed by atoms with Gasteiger partial charge in [-0.15, -0.1) is 5.10 Å². The Morgan fingerprint density at radius 3 is 2.05 bits per heavy atom. The Kier molecular flexibility index (Phi) is 4.05. The van der Waals surface area contributed by atoms with E-state index in [0.29, 0.717) is 22.4 Å². The van der Waals surface area contributed by atoms with Crippen LogP contribution in [0.25, 0.3) is 17.1 Å². The van der Waals surface area contributed by atoms with Crippen molar-refractivity contribution in [1.82, 2.24) is 14.3 Å². The monoisotopic (exact) mass is 333 g/mol. The molecule has 0 bridgehead atoms. The van der Waals surface area contributed by atoms with Gasteiger partial charge in [-0.05, 0) is 55.5 Å². The number of benzene rings is 2. The summed E-state index contributed by atoms with van der Waals surface area (Å²) in [7, 11) is 0. The van der Waals surface area contributed by atoms with Crippen LogP contribution >= 0.6 is 23.2 Å². The minimum atomic E-state index is -0.185. The van der Waals surface area contributed by atoms with Crippen LogP contribution in [0.4, 0.5) is 0 Å². The fraction of sp³-hybridized carbons (Fsp3) is 0.125. The topological polar surface area (TPSA) is 39.8 Å². The molecule has 22 heavy (non-hydrogen) atoms. The highest BCUT2D eigenvalue weighted by Crippen LogP contribution is 2.22. The fourth-order valence-corrected chi connectivity index (χ4v) is 2.47. The molecule has 3 rings (SSSR count). The van der Waals surface area contributed by atoms with Crippen LogP contribution in [0, 0.1) is 0 Å². The van der Waals surface area contributed by atoms with Crippen LogP contribution in [0.2, 0.25) is 10.0 Å². The lowest BCUT2D eigenvalue weighted by atomic mass is 10.2. The Morgan fingerprint density at radius 2 is 1.50 bits per heavy atom. The number of aromatic nitrogens is 3.